The normalized spacial score (nSPS) is 20.3. The smallest absolute Gasteiger partial charge is 0.338 e. The maximum Gasteiger partial charge on any atom is 0.338 e. The Morgan fingerprint density at radius 1 is 1.17 bits per heavy atom. The summed E-state index contributed by atoms with van der Waals surface area (Å²) in [5.41, 5.74) is 0.369. The number of cyclic esters (lactones) is 1. The Hall–Kier alpha value is -2.45. The third-order valence-corrected chi connectivity index (χ3v) is 9.78. The van der Waals surface area contributed by atoms with Gasteiger partial charge in [-0.15, -0.1) is 0 Å². The van der Waals surface area contributed by atoms with Gasteiger partial charge in [-0.3, -0.25) is 4.79 Å². The van der Waals surface area contributed by atoms with Crippen LogP contribution in [0.5, 0.6) is 0 Å². The van der Waals surface area contributed by atoms with Crippen molar-refractivity contribution in [3.63, 3.8) is 0 Å². The number of ether oxygens (including phenoxy) is 3. The fourth-order valence-electron chi connectivity index (χ4n) is 2.66. The first-order chi connectivity index (χ1) is 13.9. The van der Waals surface area contributed by atoms with Gasteiger partial charge in [-0.25, -0.2) is 9.59 Å². The van der Waals surface area contributed by atoms with Crippen LogP contribution in [0.4, 0.5) is 0 Å². The maximum absolute atomic E-state index is 12.3. The Morgan fingerprint density at radius 3 is 2.37 bits per heavy atom. The average molecular weight is 435 g/mol. The zero-order chi connectivity index (χ0) is 22.5. The molecule has 0 saturated carbocycles. The van der Waals surface area contributed by atoms with E-state index in [1.165, 1.54) is 13.0 Å². The lowest BCUT2D eigenvalue weighted by Gasteiger charge is -2.42. The summed E-state index contributed by atoms with van der Waals surface area (Å²) in [6.07, 6.45) is 0.369. The summed E-state index contributed by atoms with van der Waals surface area (Å²) in [6, 6.07) is 8.47. The first-order valence-electron chi connectivity index (χ1n) is 9.87. The summed E-state index contributed by atoms with van der Waals surface area (Å²) in [7, 11) is -2.23. The molecule has 0 aromatic heterocycles. The van der Waals surface area contributed by atoms with Crippen molar-refractivity contribution in [3.05, 3.63) is 48.0 Å². The van der Waals surface area contributed by atoms with E-state index in [1.807, 2.05) is 0 Å². The quantitative estimate of drug-likeness (QED) is 0.368. The van der Waals surface area contributed by atoms with Crippen molar-refractivity contribution < 1.29 is 33.0 Å². The summed E-state index contributed by atoms with van der Waals surface area (Å²) in [4.78, 5) is 35.9. The van der Waals surface area contributed by atoms with E-state index in [2.05, 4.69) is 33.9 Å². The lowest BCUT2D eigenvalue weighted by atomic mass is 10.1. The van der Waals surface area contributed by atoms with Gasteiger partial charge in [-0.05, 0) is 36.3 Å². The molecular weight excluding hydrogens is 404 g/mol. The van der Waals surface area contributed by atoms with E-state index < -0.39 is 44.5 Å². The summed E-state index contributed by atoms with van der Waals surface area (Å²) in [6.45, 7) is 11.4. The predicted octanol–water partition coefficient (Wildman–Crippen LogP) is 3.65. The highest BCUT2D eigenvalue weighted by atomic mass is 28.4. The van der Waals surface area contributed by atoms with Gasteiger partial charge in [0.2, 0.25) is 0 Å². The Morgan fingerprint density at radius 2 is 1.80 bits per heavy atom. The van der Waals surface area contributed by atoms with Crippen LogP contribution in [0, 0.1) is 0 Å². The minimum atomic E-state index is -2.23. The second-order valence-corrected chi connectivity index (χ2v) is 13.5. The molecule has 0 fully saturated rings. The fraction of sp³-hybridized carbons (Fsp3) is 0.500. The first-order valence-corrected chi connectivity index (χ1v) is 12.8. The minimum Gasteiger partial charge on any atom is -0.458 e. The second-order valence-electron chi connectivity index (χ2n) is 8.72. The summed E-state index contributed by atoms with van der Waals surface area (Å²) >= 11 is 0. The Bertz CT molecular complexity index is 795. The van der Waals surface area contributed by atoms with Gasteiger partial charge in [-0.1, -0.05) is 39.0 Å². The van der Waals surface area contributed by atoms with Crippen LogP contribution in [-0.2, 0) is 28.2 Å². The van der Waals surface area contributed by atoms with Crippen LogP contribution >= 0.6 is 0 Å². The number of carbonyl (C=O) groups is 3. The Kier molecular flexibility index (Phi) is 7.60. The van der Waals surface area contributed by atoms with Crippen LogP contribution < -0.4 is 0 Å². The van der Waals surface area contributed by atoms with Gasteiger partial charge in [0.1, 0.15) is 12.7 Å². The lowest BCUT2D eigenvalue weighted by Crippen LogP contribution is -2.53. The van der Waals surface area contributed by atoms with Gasteiger partial charge >= 0.3 is 17.9 Å². The molecule has 164 valence electrons. The van der Waals surface area contributed by atoms with Gasteiger partial charge in [-0.2, -0.15) is 0 Å². The molecule has 0 N–H and O–H groups in total. The van der Waals surface area contributed by atoms with Crippen LogP contribution in [-0.4, -0.2) is 51.1 Å². The van der Waals surface area contributed by atoms with Crippen LogP contribution in [0.15, 0.2) is 42.5 Å². The van der Waals surface area contributed by atoms with Crippen LogP contribution in [0.25, 0.3) is 0 Å². The Labute approximate surface area is 178 Å². The van der Waals surface area contributed by atoms with Gasteiger partial charge in [0.05, 0.1) is 5.56 Å². The topological polar surface area (TPSA) is 88.1 Å². The van der Waals surface area contributed by atoms with E-state index in [-0.39, 0.29) is 11.6 Å². The summed E-state index contributed by atoms with van der Waals surface area (Å²) in [5.74, 6) is -1.71. The number of hydrogen-bond donors (Lipinski definition) is 0. The van der Waals surface area contributed by atoms with Crippen molar-refractivity contribution in [2.24, 2.45) is 0 Å². The monoisotopic (exact) mass is 434 g/mol. The lowest BCUT2D eigenvalue weighted by molar-refractivity contribution is -0.175. The predicted molar refractivity (Wildman–Crippen MR) is 113 cm³/mol. The fourth-order valence-corrected chi connectivity index (χ4v) is 3.91. The highest BCUT2D eigenvalue weighted by Gasteiger charge is 2.44. The van der Waals surface area contributed by atoms with Crippen molar-refractivity contribution >= 4 is 26.2 Å². The van der Waals surface area contributed by atoms with Crippen molar-refractivity contribution in [1.29, 1.82) is 0 Å². The third-order valence-electron chi connectivity index (χ3n) is 5.31. The van der Waals surface area contributed by atoms with E-state index in [0.29, 0.717) is 5.56 Å². The molecule has 1 aliphatic rings. The van der Waals surface area contributed by atoms with E-state index in [9.17, 15) is 14.4 Å². The molecule has 7 nitrogen and oxygen atoms in total. The van der Waals surface area contributed by atoms with Gasteiger partial charge < -0.3 is 18.6 Å². The van der Waals surface area contributed by atoms with E-state index in [4.69, 9.17) is 18.6 Å². The number of benzene rings is 1. The average Bonchev–Trinajstić information content (AvgIpc) is 2.65. The van der Waals surface area contributed by atoms with Gasteiger partial charge in [0.25, 0.3) is 0 Å². The number of hydrogen-bond acceptors (Lipinski definition) is 7. The zero-order valence-corrected chi connectivity index (χ0v) is 19.3. The molecule has 0 spiro atoms. The summed E-state index contributed by atoms with van der Waals surface area (Å²) in [5, 5.41) is -0.0798. The first kappa shape index (κ1) is 23.8. The molecular formula is C22H30O7Si. The zero-order valence-electron chi connectivity index (χ0n) is 18.3. The standard InChI is InChI=1S/C22H30O7Si/c1-15(23)27-18(14-26-21(25)16-10-8-7-9-11-16)20-17(12-13-19(24)28-20)29-30(5,6)22(2,3)4/h7-13,17-18,20H,14H2,1-6H3/t17-,18-,20+/m1/s1. The molecule has 1 heterocycles. The Balaban J connectivity index is 2.21. The van der Waals surface area contributed by atoms with Crippen LogP contribution in [0.2, 0.25) is 18.1 Å². The molecule has 0 amide bonds. The second kappa shape index (κ2) is 9.57. The molecule has 0 radical (unpaired) electrons. The molecule has 0 bridgehead atoms. The van der Waals surface area contributed by atoms with Crippen molar-refractivity contribution in [3.8, 4) is 0 Å². The van der Waals surface area contributed by atoms with Crippen LogP contribution in [0.3, 0.4) is 0 Å². The molecule has 3 atom stereocenters. The molecule has 8 heteroatoms. The highest BCUT2D eigenvalue weighted by Crippen LogP contribution is 2.38. The number of rotatable bonds is 7. The third kappa shape index (κ3) is 6.27. The van der Waals surface area contributed by atoms with E-state index in [1.54, 1.807) is 36.4 Å². The number of esters is 3. The molecule has 1 aromatic carbocycles. The molecule has 2 rings (SSSR count). The minimum absolute atomic E-state index is 0.0798. The van der Waals surface area contributed by atoms with E-state index in [0.717, 1.165) is 0 Å². The highest BCUT2D eigenvalue weighted by molar-refractivity contribution is 6.74. The molecule has 0 saturated heterocycles. The maximum atomic E-state index is 12.3. The van der Waals surface area contributed by atoms with Crippen molar-refractivity contribution in [2.45, 2.75) is 64.1 Å². The van der Waals surface area contributed by atoms with E-state index >= 15 is 0 Å². The molecule has 1 aromatic rings. The van der Waals surface area contributed by atoms with Gasteiger partial charge in [0.15, 0.2) is 20.5 Å². The molecule has 0 unspecified atom stereocenters. The molecule has 30 heavy (non-hydrogen) atoms. The molecule has 1 aliphatic heterocycles. The van der Waals surface area contributed by atoms with Gasteiger partial charge in [0, 0.05) is 13.0 Å². The van der Waals surface area contributed by atoms with Crippen LogP contribution in [0.1, 0.15) is 38.1 Å². The van der Waals surface area contributed by atoms with Crippen molar-refractivity contribution in [1.82, 2.24) is 0 Å². The largest absolute Gasteiger partial charge is 0.458 e. The number of carbonyl (C=O) groups excluding carboxylic acids is 3. The van der Waals surface area contributed by atoms with Crippen molar-refractivity contribution in [2.75, 3.05) is 6.61 Å². The SMILES string of the molecule is CC(=O)O[C@H](COC(=O)c1ccccc1)[C@H]1OC(=O)C=C[C@H]1O[Si](C)(C)C(C)(C)C. The summed E-state index contributed by atoms with van der Waals surface area (Å²) < 4.78 is 22.6. The molecule has 0 aliphatic carbocycles.